The number of pyridine rings is 1. The number of nitrogens with zero attached hydrogens (tertiary/aromatic N) is 1. The lowest BCUT2D eigenvalue weighted by atomic mass is 10.3. The molecule has 1 rings (SSSR count). The van der Waals surface area contributed by atoms with E-state index in [0.29, 0.717) is 18.5 Å². The van der Waals surface area contributed by atoms with Gasteiger partial charge < -0.3 is 9.47 Å². The molecule has 0 saturated carbocycles. The maximum atomic E-state index is 5.62. The van der Waals surface area contributed by atoms with Gasteiger partial charge in [0.25, 0.3) is 0 Å². The molecular weight excluding hydrogens is 270 g/mol. The second kappa shape index (κ2) is 6.86. The Kier molecular flexibility index (Phi) is 5.77. The first kappa shape index (κ1) is 13.5. The Balaban J connectivity index is 2.47. The second-order valence-electron chi connectivity index (χ2n) is 3.80. The number of halogens is 1. The summed E-state index contributed by atoms with van der Waals surface area (Å²) in [5.41, 5.74) is 1.93. The molecule has 4 heteroatoms. The van der Waals surface area contributed by atoms with Crippen LogP contribution in [-0.4, -0.2) is 24.3 Å². The Morgan fingerprint density at radius 1 is 1.31 bits per heavy atom. The van der Waals surface area contributed by atoms with Crippen LogP contribution < -0.4 is 4.74 Å². The highest BCUT2D eigenvalue weighted by Gasteiger charge is 2.04. The van der Waals surface area contributed by atoms with Gasteiger partial charge in [0.1, 0.15) is 12.4 Å². The van der Waals surface area contributed by atoms with Crippen molar-refractivity contribution in [3.8, 4) is 5.75 Å². The number of aromatic nitrogens is 1. The van der Waals surface area contributed by atoms with Gasteiger partial charge in [0.2, 0.25) is 0 Å². The van der Waals surface area contributed by atoms with E-state index in [-0.39, 0.29) is 6.10 Å². The van der Waals surface area contributed by atoms with E-state index < -0.39 is 0 Å². The fourth-order valence-electron chi connectivity index (χ4n) is 1.26. The van der Waals surface area contributed by atoms with Crippen molar-refractivity contribution in [2.45, 2.75) is 32.2 Å². The van der Waals surface area contributed by atoms with E-state index in [0.717, 1.165) is 17.1 Å². The summed E-state index contributed by atoms with van der Waals surface area (Å²) in [6.45, 7) is 7.16. The van der Waals surface area contributed by atoms with Crippen LogP contribution in [0.15, 0.2) is 12.1 Å². The van der Waals surface area contributed by atoms with Crippen LogP contribution in [0.3, 0.4) is 0 Å². The van der Waals surface area contributed by atoms with Crippen molar-refractivity contribution in [3.05, 3.63) is 23.5 Å². The molecule has 0 atom stereocenters. The van der Waals surface area contributed by atoms with E-state index in [2.05, 4.69) is 20.9 Å². The van der Waals surface area contributed by atoms with Gasteiger partial charge in [-0.05, 0) is 32.9 Å². The van der Waals surface area contributed by atoms with Crippen molar-refractivity contribution >= 4 is 15.9 Å². The molecule has 0 aliphatic carbocycles. The van der Waals surface area contributed by atoms with Crippen molar-refractivity contribution in [1.29, 1.82) is 0 Å². The summed E-state index contributed by atoms with van der Waals surface area (Å²) in [6, 6.07) is 3.90. The zero-order valence-electron chi connectivity index (χ0n) is 10.00. The Hall–Kier alpha value is -0.610. The molecule has 0 aliphatic heterocycles. The van der Waals surface area contributed by atoms with Crippen LogP contribution in [-0.2, 0) is 10.1 Å². The number of aryl methyl sites for hydroxylation is 1. The van der Waals surface area contributed by atoms with Crippen molar-refractivity contribution in [3.63, 3.8) is 0 Å². The third-order valence-corrected chi connectivity index (χ3v) is 2.52. The van der Waals surface area contributed by atoms with Crippen molar-refractivity contribution < 1.29 is 9.47 Å². The highest BCUT2D eigenvalue weighted by Crippen LogP contribution is 2.19. The molecule has 3 nitrogen and oxygen atoms in total. The van der Waals surface area contributed by atoms with Gasteiger partial charge in [0.05, 0.1) is 18.4 Å². The van der Waals surface area contributed by atoms with E-state index in [4.69, 9.17) is 9.47 Å². The average molecular weight is 288 g/mol. The van der Waals surface area contributed by atoms with E-state index in [1.54, 1.807) is 0 Å². The molecule has 1 aromatic heterocycles. The van der Waals surface area contributed by atoms with Gasteiger partial charge in [0.15, 0.2) is 0 Å². The predicted octanol–water partition coefficient (Wildman–Crippen LogP) is 3.09. The SMILES string of the molecule is Cc1ccc(OCCOC(C)C)c(CBr)n1. The standard InChI is InChI=1S/C12H18BrNO2/c1-9(2)15-6-7-16-12-5-4-10(3)14-11(12)8-13/h4-5,9H,6-8H2,1-3H3. The summed E-state index contributed by atoms with van der Waals surface area (Å²) in [6.07, 6.45) is 0.246. The number of alkyl halides is 1. The summed E-state index contributed by atoms with van der Waals surface area (Å²) in [7, 11) is 0. The molecule has 0 unspecified atom stereocenters. The van der Waals surface area contributed by atoms with E-state index in [9.17, 15) is 0 Å². The van der Waals surface area contributed by atoms with Gasteiger partial charge in [-0.3, -0.25) is 4.98 Å². The summed E-state index contributed by atoms with van der Waals surface area (Å²) in [5, 5.41) is 0.703. The first-order chi connectivity index (χ1) is 7.63. The predicted molar refractivity (Wildman–Crippen MR) is 68.2 cm³/mol. The fraction of sp³-hybridized carbons (Fsp3) is 0.583. The summed E-state index contributed by atoms with van der Waals surface area (Å²) >= 11 is 3.40. The Labute approximate surface area is 105 Å². The normalized spacial score (nSPS) is 10.8. The highest BCUT2D eigenvalue weighted by molar-refractivity contribution is 9.08. The molecule has 0 saturated heterocycles. The quantitative estimate of drug-likeness (QED) is 0.595. The number of rotatable bonds is 6. The molecule has 0 fully saturated rings. The molecular formula is C12H18BrNO2. The van der Waals surface area contributed by atoms with Gasteiger partial charge in [-0.25, -0.2) is 0 Å². The van der Waals surface area contributed by atoms with E-state index in [1.807, 2.05) is 32.9 Å². The number of hydrogen-bond acceptors (Lipinski definition) is 3. The minimum atomic E-state index is 0.246. The van der Waals surface area contributed by atoms with Gasteiger partial charge in [-0.2, -0.15) is 0 Å². The molecule has 0 N–H and O–H groups in total. The molecule has 0 spiro atoms. The maximum Gasteiger partial charge on any atom is 0.141 e. The van der Waals surface area contributed by atoms with Gasteiger partial charge in [-0.1, -0.05) is 15.9 Å². The lowest BCUT2D eigenvalue weighted by Crippen LogP contribution is -2.12. The summed E-state index contributed by atoms with van der Waals surface area (Å²) in [4.78, 5) is 4.39. The first-order valence-corrected chi connectivity index (χ1v) is 6.52. The smallest absolute Gasteiger partial charge is 0.141 e. The van der Waals surface area contributed by atoms with E-state index >= 15 is 0 Å². The fourth-order valence-corrected chi connectivity index (χ4v) is 1.66. The molecule has 0 aromatic carbocycles. The Morgan fingerprint density at radius 3 is 2.69 bits per heavy atom. The van der Waals surface area contributed by atoms with Crippen molar-refractivity contribution in [2.75, 3.05) is 13.2 Å². The second-order valence-corrected chi connectivity index (χ2v) is 4.36. The Bertz CT molecular complexity index is 329. The lowest BCUT2D eigenvalue weighted by molar-refractivity contribution is 0.0550. The zero-order chi connectivity index (χ0) is 12.0. The van der Waals surface area contributed by atoms with Gasteiger partial charge in [-0.15, -0.1) is 0 Å². The molecule has 1 aromatic rings. The summed E-state index contributed by atoms with van der Waals surface area (Å²) < 4.78 is 11.0. The minimum absolute atomic E-state index is 0.246. The third kappa shape index (κ3) is 4.49. The molecule has 0 bridgehead atoms. The monoisotopic (exact) mass is 287 g/mol. The maximum absolute atomic E-state index is 5.62. The largest absolute Gasteiger partial charge is 0.489 e. The van der Waals surface area contributed by atoms with Crippen LogP contribution in [0.4, 0.5) is 0 Å². The van der Waals surface area contributed by atoms with Crippen LogP contribution in [0.1, 0.15) is 25.2 Å². The van der Waals surface area contributed by atoms with Crippen LogP contribution in [0.2, 0.25) is 0 Å². The van der Waals surface area contributed by atoms with Crippen LogP contribution in [0.5, 0.6) is 5.75 Å². The first-order valence-electron chi connectivity index (χ1n) is 5.40. The number of hydrogen-bond donors (Lipinski definition) is 0. The van der Waals surface area contributed by atoms with Crippen molar-refractivity contribution in [1.82, 2.24) is 4.98 Å². The van der Waals surface area contributed by atoms with Gasteiger partial charge >= 0.3 is 0 Å². The molecule has 0 amide bonds. The minimum Gasteiger partial charge on any atom is -0.489 e. The van der Waals surface area contributed by atoms with Crippen LogP contribution in [0.25, 0.3) is 0 Å². The highest BCUT2D eigenvalue weighted by atomic mass is 79.9. The third-order valence-electron chi connectivity index (χ3n) is 1.99. The zero-order valence-corrected chi connectivity index (χ0v) is 11.6. The summed E-state index contributed by atoms with van der Waals surface area (Å²) in [5.74, 6) is 0.829. The lowest BCUT2D eigenvalue weighted by Gasteiger charge is -2.11. The molecule has 90 valence electrons. The van der Waals surface area contributed by atoms with Gasteiger partial charge in [0, 0.05) is 11.0 Å². The molecule has 1 heterocycles. The van der Waals surface area contributed by atoms with Crippen LogP contribution >= 0.6 is 15.9 Å². The Morgan fingerprint density at radius 2 is 2.06 bits per heavy atom. The molecule has 0 radical (unpaired) electrons. The topological polar surface area (TPSA) is 31.4 Å². The van der Waals surface area contributed by atoms with Crippen molar-refractivity contribution in [2.24, 2.45) is 0 Å². The molecule has 16 heavy (non-hydrogen) atoms. The van der Waals surface area contributed by atoms with Crippen LogP contribution in [0, 0.1) is 6.92 Å². The average Bonchev–Trinajstić information content (AvgIpc) is 2.25. The van der Waals surface area contributed by atoms with E-state index in [1.165, 1.54) is 0 Å². The number of ether oxygens (including phenoxy) is 2. The molecule has 0 aliphatic rings.